The van der Waals surface area contributed by atoms with E-state index in [-0.39, 0.29) is 16.6 Å². The third-order valence-electron chi connectivity index (χ3n) is 3.39. The third-order valence-corrected chi connectivity index (χ3v) is 4.50. The Bertz CT molecular complexity index is 757. The van der Waals surface area contributed by atoms with Crippen molar-refractivity contribution in [2.24, 2.45) is 0 Å². The van der Waals surface area contributed by atoms with Gasteiger partial charge in [-0.15, -0.1) is 0 Å². The molecule has 0 heterocycles. The van der Waals surface area contributed by atoms with Crippen LogP contribution in [-0.4, -0.2) is 14.7 Å². The molecule has 5 heteroatoms. The zero-order valence-electron chi connectivity index (χ0n) is 12.2. The van der Waals surface area contributed by atoms with Gasteiger partial charge in [-0.05, 0) is 43.2 Å². The summed E-state index contributed by atoms with van der Waals surface area (Å²) in [5.41, 5.74) is 2.33. The minimum atomic E-state index is -3.36. The fourth-order valence-electron chi connectivity index (χ4n) is 2.23. The van der Waals surface area contributed by atoms with Crippen LogP contribution in [0, 0.1) is 12.7 Å². The molecule has 0 bridgehead atoms. The van der Waals surface area contributed by atoms with Crippen molar-refractivity contribution < 1.29 is 12.8 Å². The predicted octanol–water partition coefficient (Wildman–Crippen LogP) is 3.71. The van der Waals surface area contributed by atoms with Crippen molar-refractivity contribution in [2.45, 2.75) is 24.8 Å². The van der Waals surface area contributed by atoms with Gasteiger partial charge in [0.25, 0.3) is 0 Å². The maximum absolute atomic E-state index is 13.9. The van der Waals surface area contributed by atoms with Gasteiger partial charge < -0.3 is 5.32 Å². The summed E-state index contributed by atoms with van der Waals surface area (Å²) in [6.07, 6.45) is 1.11. The predicted molar refractivity (Wildman–Crippen MR) is 82.7 cm³/mol. The van der Waals surface area contributed by atoms with Crippen LogP contribution in [0.4, 0.5) is 10.1 Å². The summed E-state index contributed by atoms with van der Waals surface area (Å²) < 4.78 is 37.0. The van der Waals surface area contributed by atoms with Crippen LogP contribution in [0.15, 0.2) is 47.4 Å². The van der Waals surface area contributed by atoms with Crippen LogP contribution < -0.4 is 5.32 Å². The summed E-state index contributed by atoms with van der Waals surface area (Å²) in [6, 6.07) is 11.5. The van der Waals surface area contributed by atoms with Gasteiger partial charge in [-0.25, -0.2) is 12.8 Å². The van der Waals surface area contributed by atoms with E-state index in [9.17, 15) is 12.8 Å². The molecule has 0 saturated heterocycles. The lowest BCUT2D eigenvalue weighted by Crippen LogP contribution is -2.10. The first-order valence-corrected chi connectivity index (χ1v) is 8.50. The van der Waals surface area contributed by atoms with E-state index in [1.165, 1.54) is 18.2 Å². The van der Waals surface area contributed by atoms with Gasteiger partial charge in [-0.3, -0.25) is 0 Å². The Morgan fingerprint density at radius 1 is 1.14 bits per heavy atom. The fraction of sp³-hybridized carbons (Fsp3) is 0.250. The zero-order chi connectivity index (χ0) is 15.6. The SMILES string of the molecule is Cc1ccccc1C(C)Nc1cc(S(C)(=O)=O)ccc1F. The van der Waals surface area contributed by atoms with Crippen LogP contribution in [0.2, 0.25) is 0 Å². The van der Waals surface area contributed by atoms with Crippen molar-refractivity contribution in [3.63, 3.8) is 0 Å². The molecular formula is C16H18FNO2S. The minimum absolute atomic E-state index is 0.100. The number of sulfone groups is 1. The number of hydrogen-bond donors (Lipinski definition) is 1. The molecular weight excluding hydrogens is 289 g/mol. The normalized spacial score (nSPS) is 13.0. The Morgan fingerprint density at radius 2 is 1.81 bits per heavy atom. The van der Waals surface area contributed by atoms with Gasteiger partial charge in [-0.1, -0.05) is 24.3 Å². The molecule has 0 radical (unpaired) electrons. The summed E-state index contributed by atoms with van der Waals surface area (Å²) in [5, 5.41) is 3.04. The van der Waals surface area contributed by atoms with Gasteiger partial charge in [0, 0.05) is 12.3 Å². The average molecular weight is 307 g/mol. The second kappa shape index (κ2) is 5.85. The molecule has 2 rings (SSSR count). The molecule has 2 aromatic rings. The standard InChI is InChI=1S/C16H18FNO2S/c1-11-6-4-5-7-14(11)12(2)18-16-10-13(21(3,19)20)8-9-15(16)17/h4-10,12,18H,1-3H3. The van der Waals surface area contributed by atoms with E-state index in [1.807, 2.05) is 38.1 Å². The maximum atomic E-state index is 13.9. The lowest BCUT2D eigenvalue weighted by Gasteiger charge is -2.18. The molecule has 0 aliphatic rings. The number of benzene rings is 2. The average Bonchev–Trinajstić information content (AvgIpc) is 2.40. The fourth-order valence-corrected chi connectivity index (χ4v) is 2.88. The maximum Gasteiger partial charge on any atom is 0.175 e. The molecule has 0 amide bonds. The summed E-state index contributed by atoms with van der Waals surface area (Å²) >= 11 is 0. The molecule has 0 aromatic heterocycles. The van der Waals surface area contributed by atoms with Gasteiger partial charge in [0.15, 0.2) is 9.84 Å². The van der Waals surface area contributed by atoms with E-state index >= 15 is 0 Å². The summed E-state index contributed by atoms with van der Waals surface area (Å²) in [7, 11) is -3.36. The number of hydrogen-bond acceptors (Lipinski definition) is 3. The second-order valence-corrected chi connectivity index (χ2v) is 7.15. The third kappa shape index (κ3) is 3.61. The highest BCUT2D eigenvalue weighted by Gasteiger charge is 2.14. The molecule has 0 aliphatic carbocycles. The molecule has 1 unspecified atom stereocenters. The molecule has 0 fully saturated rings. The number of anilines is 1. The van der Waals surface area contributed by atoms with Gasteiger partial charge in [-0.2, -0.15) is 0 Å². The minimum Gasteiger partial charge on any atom is -0.376 e. The second-order valence-electron chi connectivity index (χ2n) is 5.14. The van der Waals surface area contributed by atoms with Gasteiger partial charge in [0.1, 0.15) is 5.82 Å². The van der Waals surface area contributed by atoms with Crippen LogP contribution in [0.5, 0.6) is 0 Å². The van der Waals surface area contributed by atoms with Crippen molar-refractivity contribution in [3.8, 4) is 0 Å². The van der Waals surface area contributed by atoms with Crippen molar-refractivity contribution in [3.05, 3.63) is 59.4 Å². The van der Waals surface area contributed by atoms with Gasteiger partial charge in [0.2, 0.25) is 0 Å². The first-order chi connectivity index (χ1) is 9.79. The van der Waals surface area contributed by atoms with Gasteiger partial charge >= 0.3 is 0 Å². The highest BCUT2D eigenvalue weighted by Crippen LogP contribution is 2.25. The van der Waals surface area contributed by atoms with Crippen molar-refractivity contribution in [1.82, 2.24) is 0 Å². The Balaban J connectivity index is 2.33. The van der Waals surface area contributed by atoms with Crippen LogP contribution >= 0.6 is 0 Å². The Labute approximate surface area is 124 Å². The Morgan fingerprint density at radius 3 is 2.43 bits per heavy atom. The highest BCUT2D eigenvalue weighted by atomic mass is 32.2. The smallest absolute Gasteiger partial charge is 0.175 e. The van der Waals surface area contributed by atoms with Crippen LogP contribution in [0.1, 0.15) is 24.1 Å². The number of nitrogens with one attached hydrogen (secondary N) is 1. The molecule has 21 heavy (non-hydrogen) atoms. The monoisotopic (exact) mass is 307 g/mol. The zero-order valence-corrected chi connectivity index (χ0v) is 13.0. The van der Waals surface area contributed by atoms with E-state index in [0.29, 0.717) is 0 Å². The molecule has 0 saturated carbocycles. The molecule has 3 nitrogen and oxygen atoms in total. The number of rotatable bonds is 4. The first kappa shape index (κ1) is 15.5. The number of halogens is 1. The van der Waals surface area contributed by atoms with E-state index < -0.39 is 15.7 Å². The molecule has 112 valence electrons. The highest BCUT2D eigenvalue weighted by molar-refractivity contribution is 7.90. The van der Waals surface area contributed by atoms with E-state index in [4.69, 9.17) is 0 Å². The van der Waals surface area contributed by atoms with Crippen molar-refractivity contribution >= 4 is 15.5 Å². The molecule has 1 N–H and O–H groups in total. The quantitative estimate of drug-likeness (QED) is 0.876. The lowest BCUT2D eigenvalue weighted by atomic mass is 10.0. The molecule has 0 spiro atoms. The van der Waals surface area contributed by atoms with Crippen LogP contribution in [0.3, 0.4) is 0 Å². The molecule has 0 aliphatic heterocycles. The van der Waals surface area contributed by atoms with Gasteiger partial charge in [0.05, 0.1) is 10.6 Å². The molecule has 2 aromatic carbocycles. The lowest BCUT2D eigenvalue weighted by molar-refractivity contribution is 0.600. The summed E-state index contributed by atoms with van der Waals surface area (Å²) in [4.78, 5) is 0.100. The van der Waals surface area contributed by atoms with E-state index in [1.54, 1.807) is 0 Å². The first-order valence-electron chi connectivity index (χ1n) is 6.60. The molecule has 1 atom stereocenters. The van der Waals surface area contributed by atoms with Crippen molar-refractivity contribution in [2.75, 3.05) is 11.6 Å². The van der Waals surface area contributed by atoms with Crippen molar-refractivity contribution in [1.29, 1.82) is 0 Å². The summed E-state index contributed by atoms with van der Waals surface area (Å²) in [5.74, 6) is -0.470. The Hall–Kier alpha value is -1.88. The topological polar surface area (TPSA) is 46.2 Å². The Kier molecular flexibility index (Phi) is 4.32. The van der Waals surface area contributed by atoms with E-state index in [2.05, 4.69) is 5.32 Å². The summed E-state index contributed by atoms with van der Waals surface area (Å²) in [6.45, 7) is 3.89. The van der Waals surface area contributed by atoms with Crippen LogP contribution in [-0.2, 0) is 9.84 Å². The van der Waals surface area contributed by atoms with Crippen LogP contribution in [0.25, 0.3) is 0 Å². The number of aryl methyl sites for hydroxylation is 1. The largest absolute Gasteiger partial charge is 0.376 e. The van der Waals surface area contributed by atoms with E-state index in [0.717, 1.165) is 17.4 Å².